The van der Waals surface area contributed by atoms with Gasteiger partial charge in [0.15, 0.2) is 0 Å². The van der Waals surface area contributed by atoms with Crippen molar-refractivity contribution in [1.82, 2.24) is 4.98 Å². The molecule has 0 saturated carbocycles. The van der Waals surface area contributed by atoms with Gasteiger partial charge >= 0.3 is 0 Å². The molecule has 1 heterocycles. The highest BCUT2D eigenvalue weighted by Crippen LogP contribution is 2.29. The zero-order valence-electron chi connectivity index (χ0n) is 14.0. The van der Waals surface area contributed by atoms with E-state index in [9.17, 15) is 5.26 Å². The molecule has 0 amide bonds. The summed E-state index contributed by atoms with van der Waals surface area (Å²) in [5, 5.41) is 12.3. The van der Waals surface area contributed by atoms with Gasteiger partial charge in [-0.1, -0.05) is 53.6 Å². The third kappa shape index (κ3) is 3.45. The fraction of sp³-hybridized carbons (Fsp3) is 0.143. The SMILES string of the molecule is Cc1ccc(/C=C(\C#N)c2nc(-c3ccc(C)cc3C)cs2)cc1. The lowest BCUT2D eigenvalue weighted by atomic mass is 10.0. The van der Waals surface area contributed by atoms with E-state index in [1.807, 2.05) is 35.7 Å². The minimum atomic E-state index is 0.597. The van der Waals surface area contributed by atoms with E-state index >= 15 is 0 Å². The lowest BCUT2D eigenvalue weighted by Crippen LogP contribution is -1.86. The van der Waals surface area contributed by atoms with Crippen LogP contribution in [0.15, 0.2) is 47.8 Å². The maximum absolute atomic E-state index is 9.51. The molecule has 3 rings (SSSR count). The van der Waals surface area contributed by atoms with Crippen LogP contribution in [0.5, 0.6) is 0 Å². The van der Waals surface area contributed by atoms with Gasteiger partial charge in [0.2, 0.25) is 0 Å². The minimum Gasteiger partial charge on any atom is -0.235 e. The minimum absolute atomic E-state index is 0.597. The van der Waals surface area contributed by atoms with Crippen molar-refractivity contribution in [3.8, 4) is 17.3 Å². The summed E-state index contributed by atoms with van der Waals surface area (Å²) in [5.74, 6) is 0. The van der Waals surface area contributed by atoms with E-state index in [4.69, 9.17) is 0 Å². The Labute approximate surface area is 146 Å². The van der Waals surface area contributed by atoms with Gasteiger partial charge in [-0.2, -0.15) is 5.26 Å². The number of benzene rings is 2. The van der Waals surface area contributed by atoms with E-state index in [1.165, 1.54) is 28.0 Å². The number of nitrogens with zero attached hydrogens (tertiary/aromatic N) is 2. The van der Waals surface area contributed by atoms with Gasteiger partial charge in [-0.15, -0.1) is 11.3 Å². The van der Waals surface area contributed by atoms with Crippen molar-refractivity contribution >= 4 is 23.0 Å². The normalized spacial score (nSPS) is 11.3. The first-order valence-electron chi connectivity index (χ1n) is 7.79. The van der Waals surface area contributed by atoms with Crippen LogP contribution in [0.4, 0.5) is 0 Å². The molecule has 0 bridgehead atoms. The predicted octanol–water partition coefficient (Wildman–Crippen LogP) is 5.80. The molecule has 0 atom stereocenters. The Morgan fingerprint density at radius 2 is 1.75 bits per heavy atom. The topological polar surface area (TPSA) is 36.7 Å². The number of rotatable bonds is 3. The number of aryl methyl sites for hydroxylation is 3. The zero-order chi connectivity index (χ0) is 17.1. The van der Waals surface area contributed by atoms with Crippen LogP contribution in [0.2, 0.25) is 0 Å². The average molecular weight is 330 g/mol. The molecule has 118 valence electrons. The Kier molecular flexibility index (Phi) is 4.59. The van der Waals surface area contributed by atoms with Gasteiger partial charge in [-0.25, -0.2) is 4.98 Å². The molecule has 2 aromatic carbocycles. The third-order valence-electron chi connectivity index (χ3n) is 3.90. The highest BCUT2D eigenvalue weighted by Gasteiger charge is 2.10. The fourth-order valence-corrected chi connectivity index (χ4v) is 3.38. The van der Waals surface area contributed by atoms with Gasteiger partial charge in [0.05, 0.1) is 11.3 Å². The fourth-order valence-electron chi connectivity index (χ4n) is 2.59. The summed E-state index contributed by atoms with van der Waals surface area (Å²) in [6, 6.07) is 16.8. The summed E-state index contributed by atoms with van der Waals surface area (Å²) < 4.78 is 0. The molecule has 0 aliphatic rings. The Morgan fingerprint density at radius 1 is 1.04 bits per heavy atom. The molecule has 1 aromatic heterocycles. The van der Waals surface area contributed by atoms with Crippen molar-refractivity contribution in [1.29, 1.82) is 5.26 Å². The van der Waals surface area contributed by atoms with Crippen LogP contribution in [0.25, 0.3) is 22.9 Å². The van der Waals surface area contributed by atoms with E-state index < -0.39 is 0 Å². The molecule has 0 radical (unpaired) electrons. The van der Waals surface area contributed by atoms with Crippen molar-refractivity contribution in [3.05, 3.63) is 75.1 Å². The maximum Gasteiger partial charge on any atom is 0.134 e. The Hall–Kier alpha value is -2.70. The second kappa shape index (κ2) is 6.82. The highest BCUT2D eigenvalue weighted by atomic mass is 32.1. The molecule has 24 heavy (non-hydrogen) atoms. The summed E-state index contributed by atoms with van der Waals surface area (Å²) in [4.78, 5) is 4.68. The molecule has 0 fully saturated rings. The standard InChI is InChI=1S/C21H18N2S/c1-14-4-7-17(8-5-14)11-18(12-22)21-23-20(13-24-21)19-9-6-15(2)10-16(19)3/h4-11,13H,1-3H3/b18-11+. The third-order valence-corrected chi connectivity index (χ3v) is 4.78. The van der Waals surface area contributed by atoms with E-state index in [0.29, 0.717) is 5.57 Å². The van der Waals surface area contributed by atoms with Crippen LogP contribution in [0.1, 0.15) is 27.3 Å². The van der Waals surface area contributed by atoms with Gasteiger partial charge in [-0.05, 0) is 38.0 Å². The van der Waals surface area contributed by atoms with E-state index in [2.05, 4.69) is 50.0 Å². The summed E-state index contributed by atoms with van der Waals surface area (Å²) in [6.07, 6.45) is 1.89. The van der Waals surface area contributed by atoms with Gasteiger partial charge in [0, 0.05) is 10.9 Å². The Bertz CT molecular complexity index is 941. The molecule has 0 unspecified atom stereocenters. The number of nitriles is 1. The Morgan fingerprint density at radius 3 is 2.42 bits per heavy atom. The van der Waals surface area contributed by atoms with E-state index in [1.54, 1.807) is 0 Å². The molecule has 0 aliphatic heterocycles. The summed E-state index contributed by atoms with van der Waals surface area (Å²) >= 11 is 1.51. The first-order valence-corrected chi connectivity index (χ1v) is 8.67. The Balaban J connectivity index is 1.96. The van der Waals surface area contributed by atoms with Crippen LogP contribution in [-0.4, -0.2) is 4.98 Å². The second-order valence-electron chi connectivity index (χ2n) is 5.94. The van der Waals surface area contributed by atoms with Crippen molar-refractivity contribution in [3.63, 3.8) is 0 Å². The van der Waals surface area contributed by atoms with Crippen LogP contribution >= 0.6 is 11.3 Å². The molecule has 3 heteroatoms. The van der Waals surface area contributed by atoms with Crippen LogP contribution in [0.3, 0.4) is 0 Å². The van der Waals surface area contributed by atoms with Crippen LogP contribution < -0.4 is 0 Å². The van der Waals surface area contributed by atoms with Gasteiger partial charge in [0.25, 0.3) is 0 Å². The second-order valence-corrected chi connectivity index (χ2v) is 6.79. The number of aromatic nitrogens is 1. The molecular formula is C21H18N2S. The van der Waals surface area contributed by atoms with Gasteiger partial charge < -0.3 is 0 Å². The van der Waals surface area contributed by atoms with E-state index in [0.717, 1.165) is 21.8 Å². The van der Waals surface area contributed by atoms with Crippen molar-refractivity contribution < 1.29 is 0 Å². The summed E-state index contributed by atoms with van der Waals surface area (Å²) in [7, 11) is 0. The molecule has 2 nitrogen and oxygen atoms in total. The number of allylic oxidation sites excluding steroid dienone is 1. The van der Waals surface area contributed by atoms with Gasteiger partial charge in [0.1, 0.15) is 11.1 Å². The monoisotopic (exact) mass is 330 g/mol. The quantitative estimate of drug-likeness (QED) is 0.569. The molecule has 0 aliphatic carbocycles. The van der Waals surface area contributed by atoms with Crippen molar-refractivity contribution in [2.45, 2.75) is 20.8 Å². The first kappa shape index (κ1) is 16.2. The molecule has 0 N–H and O–H groups in total. The summed E-state index contributed by atoms with van der Waals surface area (Å²) in [5.41, 5.74) is 7.31. The molecule has 3 aromatic rings. The van der Waals surface area contributed by atoms with Gasteiger partial charge in [-0.3, -0.25) is 0 Å². The van der Waals surface area contributed by atoms with Crippen LogP contribution in [0, 0.1) is 32.1 Å². The lowest BCUT2D eigenvalue weighted by molar-refractivity contribution is 1.32. The number of thiazole rings is 1. The molecular weight excluding hydrogens is 312 g/mol. The average Bonchev–Trinajstić information content (AvgIpc) is 3.04. The summed E-state index contributed by atoms with van der Waals surface area (Å²) in [6.45, 7) is 6.23. The maximum atomic E-state index is 9.51. The number of hydrogen-bond acceptors (Lipinski definition) is 3. The highest BCUT2D eigenvalue weighted by molar-refractivity contribution is 7.11. The number of hydrogen-bond donors (Lipinski definition) is 0. The predicted molar refractivity (Wildman–Crippen MR) is 102 cm³/mol. The van der Waals surface area contributed by atoms with Crippen molar-refractivity contribution in [2.24, 2.45) is 0 Å². The zero-order valence-corrected chi connectivity index (χ0v) is 14.8. The first-order chi connectivity index (χ1) is 11.6. The van der Waals surface area contributed by atoms with Crippen LogP contribution in [-0.2, 0) is 0 Å². The van der Waals surface area contributed by atoms with Crippen molar-refractivity contribution in [2.75, 3.05) is 0 Å². The lowest BCUT2D eigenvalue weighted by Gasteiger charge is -2.03. The molecule has 0 spiro atoms. The molecule has 0 saturated heterocycles. The van der Waals surface area contributed by atoms with E-state index in [-0.39, 0.29) is 0 Å². The smallest absolute Gasteiger partial charge is 0.134 e. The largest absolute Gasteiger partial charge is 0.235 e.